The number of carboxylic acid groups (broad SMARTS) is 1. The maximum Gasteiger partial charge on any atom is 0.330 e. The number of hydrogen-bond acceptors (Lipinski definition) is 8. The SMILES string of the molecule is O=C(O)CCC(=O)O[C@H]1[C@@H](O)[C@H](n2ccc(=O)[nH]c2=O)O[C@@H]1CO. The van der Waals surface area contributed by atoms with Crippen molar-refractivity contribution in [3.63, 3.8) is 0 Å². The number of rotatable bonds is 6. The molecule has 11 nitrogen and oxygen atoms in total. The minimum Gasteiger partial charge on any atom is -0.481 e. The molecule has 0 radical (unpaired) electrons. The van der Waals surface area contributed by atoms with Gasteiger partial charge in [-0.3, -0.25) is 23.9 Å². The molecule has 0 unspecified atom stereocenters. The second kappa shape index (κ2) is 7.38. The Labute approximate surface area is 134 Å². The molecule has 0 bridgehead atoms. The second-order valence-electron chi connectivity index (χ2n) is 5.10. The number of aliphatic hydroxyl groups is 2. The number of aromatic amines is 1. The molecule has 11 heteroatoms. The molecule has 2 heterocycles. The number of hydrogen-bond donors (Lipinski definition) is 4. The van der Waals surface area contributed by atoms with E-state index in [0.717, 1.165) is 16.8 Å². The molecule has 1 fully saturated rings. The molecule has 0 aromatic carbocycles. The van der Waals surface area contributed by atoms with Gasteiger partial charge in [0, 0.05) is 12.3 Å². The molecule has 1 aromatic rings. The quantitative estimate of drug-likeness (QED) is 0.410. The summed E-state index contributed by atoms with van der Waals surface area (Å²) in [7, 11) is 0. The van der Waals surface area contributed by atoms with Crippen molar-refractivity contribution < 1.29 is 34.4 Å². The number of H-pyrrole nitrogens is 1. The number of nitrogens with one attached hydrogen (secondary N) is 1. The van der Waals surface area contributed by atoms with Crippen LogP contribution in [-0.2, 0) is 19.1 Å². The number of ether oxygens (including phenoxy) is 2. The highest BCUT2D eigenvalue weighted by atomic mass is 16.6. The first-order valence-corrected chi connectivity index (χ1v) is 7.00. The lowest BCUT2D eigenvalue weighted by Gasteiger charge is -2.19. The zero-order chi connectivity index (χ0) is 17.9. The Balaban J connectivity index is 2.15. The van der Waals surface area contributed by atoms with Gasteiger partial charge in [-0.15, -0.1) is 0 Å². The number of esters is 1. The summed E-state index contributed by atoms with van der Waals surface area (Å²) in [5.41, 5.74) is -1.49. The summed E-state index contributed by atoms with van der Waals surface area (Å²) in [5, 5.41) is 28.1. The number of carboxylic acids is 1. The molecule has 0 amide bonds. The van der Waals surface area contributed by atoms with Gasteiger partial charge in [0.15, 0.2) is 12.3 Å². The predicted octanol–water partition coefficient (Wildman–Crippen LogP) is -2.44. The van der Waals surface area contributed by atoms with Crippen LogP contribution in [0.5, 0.6) is 0 Å². The Kier molecular flexibility index (Phi) is 5.49. The molecule has 4 N–H and O–H groups in total. The third kappa shape index (κ3) is 3.88. The van der Waals surface area contributed by atoms with Crippen LogP contribution >= 0.6 is 0 Å². The van der Waals surface area contributed by atoms with E-state index in [4.69, 9.17) is 14.6 Å². The monoisotopic (exact) mass is 344 g/mol. The Hall–Kier alpha value is -2.50. The molecule has 1 aliphatic heterocycles. The maximum absolute atomic E-state index is 11.8. The van der Waals surface area contributed by atoms with Crippen molar-refractivity contribution in [3.05, 3.63) is 33.1 Å². The molecule has 1 aliphatic rings. The number of aliphatic carboxylic acids is 1. The van der Waals surface area contributed by atoms with E-state index in [1.165, 1.54) is 0 Å². The molecule has 0 spiro atoms. The van der Waals surface area contributed by atoms with Gasteiger partial charge in [-0.25, -0.2) is 4.79 Å². The second-order valence-corrected chi connectivity index (χ2v) is 5.10. The highest BCUT2D eigenvalue weighted by Crippen LogP contribution is 2.30. The van der Waals surface area contributed by atoms with E-state index in [1.54, 1.807) is 0 Å². The maximum atomic E-state index is 11.8. The van der Waals surface area contributed by atoms with E-state index in [2.05, 4.69) is 0 Å². The van der Waals surface area contributed by atoms with Crippen molar-refractivity contribution >= 4 is 11.9 Å². The summed E-state index contributed by atoms with van der Waals surface area (Å²) in [6.45, 7) is -0.609. The van der Waals surface area contributed by atoms with Crippen LogP contribution in [0.25, 0.3) is 0 Å². The van der Waals surface area contributed by atoms with Crippen LogP contribution in [0.3, 0.4) is 0 Å². The predicted molar refractivity (Wildman–Crippen MR) is 75.1 cm³/mol. The number of carbonyl (C=O) groups excluding carboxylic acids is 1. The van der Waals surface area contributed by atoms with Gasteiger partial charge in [-0.05, 0) is 0 Å². The summed E-state index contributed by atoms with van der Waals surface area (Å²) >= 11 is 0. The first-order valence-electron chi connectivity index (χ1n) is 7.00. The Morgan fingerprint density at radius 2 is 2.04 bits per heavy atom. The Morgan fingerprint density at radius 1 is 1.33 bits per heavy atom. The smallest absolute Gasteiger partial charge is 0.330 e. The van der Waals surface area contributed by atoms with Gasteiger partial charge in [0.1, 0.15) is 12.2 Å². The van der Waals surface area contributed by atoms with Crippen LogP contribution in [0.4, 0.5) is 0 Å². The van der Waals surface area contributed by atoms with Crippen LogP contribution in [0.15, 0.2) is 21.9 Å². The molecule has 0 saturated carbocycles. The third-order valence-corrected chi connectivity index (χ3v) is 3.43. The van der Waals surface area contributed by atoms with Crippen molar-refractivity contribution in [3.8, 4) is 0 Å². The van der Waals surface area contributed by atoms with Gasteiger partial charge in [0.2, 0.25) is 0 Å². The first-order chi connectivity index (χ1) is 11.3. The van der Waals surface area contributed by atoms with Gasteiger partial charge in [0.05, 0.1) is 19.4 Å². The normalized spacial score (nSPS) is 26.2. The minimum atomic E-state index is -1.50. The van der Waals surface area contributed by atoms with E-state index in [9.17, 15) is 29.4 Å². The highest BCUT2D eigenvalue weighted by Gasteiger charge is 2.47. The Bertz CT molecular complexity index is 725. The van der Waals surface area contributed by atoms with E-state index < -0.39 is 67.2 Å². The number of aliphatic hydroxyl groups excluding tert-OH is 2. The summed E-state index contributed by atoms with van der Waals surface area (Å²) in [4.78, 5) is 46.9. The standard InChI is InChI=1S/C13H16N2O9/c16-5-6-11(24-9(20)2-1-8(18)19)10(21)12(23-6)15-4-3-7(17)14-13(15)22/h3-4,6,10-12,16,21H,1-2,5H2,(H,18,19)(H,14,17,22)/t6-,10-,11-,12-/m1/s1. The fourth-order valence-corrected chi connectivity index (χ4v) is 2.29. The summed E-state index contributed by atoms with van der Waals surface area (Å²) in [6, 6.07) is 1.04. The summed E-state index contributed by atoms with van der Waals surface area (Å²) in [6.07, 6.45) is -4.96. The van der Waals surface area contributed by atoms with Gasteiger partial charge in [-0.2, -0.15) is 0 Å². The minimum absolute atomic E-state index is 0.417. The van der Waals surface area contributed by atoms with E-state index in [0.29, 0.717) is 0 Å². The number of aromatic nitrogens is 2. The summed E-state index contributed by atoms with van der Waals surface area (Å²) in [5.74, 6) is -2.08. The van der Waals surface area contributed by atoms with Crippen LogP contribution < -0.4 is 11.2 Å². The molecule has 0 aliphatic carbocycles. The van der Waals surface area contributed by atoms with Crippen molar-refractivity contribution in [2.24, 2.45) is 0 Å². The number of nitrogens with zero attached hydrogens (tertiary/aromatic N) is 1. The van der Waals surface area contributed by atoms with E-state index in [-0.39, 0.29) is 0 Å². The van der Waals surface area contributed by atoms with Crippen molar-refractivity contribution in [1.82, 2.24) is 9.55 Å². The van der Waals surface area contributed by atoms with E-state index in [1.807, 2.05) is 4.98 Å². The molecular formula is C13H16N2O9. The molecule has 24 heavy (non-hydrogen) atoms. The van der Waals surface area contributed by atoms with Crippen LogP contribution in [-0.4, -0.2) is 61.7 Å². The first kappa shape index (κ1) is 17.8. The highest BCUT2D eigenvalue weighted by molar-refractivity contribution is 5.76. The molecule has 4 atom stereocenters. The molecule has 132 valence electrons. The lowest BCUT2D eigenvalue weighted by Crippen LogP contribution is -2.40. The molecule has 2 rings (SSSR count). The van der Waals surface area contributed by atoms with E-state index >= 15 is 0 Å². The fraction of sp³-hybridized carbons (Fsp3) is 0.538. The number of carbonyl (C=O) groups is 2. The molecule has 1 aromatic heterocycles. The zero-order valence-corrected chi connectivity index (χ0v) is 12.3. The fourth-order valence-electron chi connectivity index (χ4n) is 2.29. The Morgan fingerprint density at radius 3 is 2.62 bits per heavy atom. The van der Waals surface area contributed by atoms with Gasteiger partial charge < -0.3 is 24.8 Å². The van der Waals surface area contributed by atoms with Crippen molar-refractivity contribution in [2.75, 3.05) is 6.61 Å². The zero-order valence-electron chi connectivity index (χ0n) is 12.3. The average Bonchev–Trinajstić information content (AvgIpc) is 2.82. The van der Waals surface area contributed by atoms with Gasteiger partial charge >= 0.3 is 17.6 Å². The van der Waals surface area contributed by atoms with Crippen LogP contribution in [0, 0.1) is 0 Å². The van der Waals surface area contributed by atoms with Gasteiger partial charge in [0.25, 0.3) is 5.56 Å². The van der Waals surface area contributed by atoms with Crippen LogP contribution in [0.1, 0.15) is 19.1 Å². The van der Waals surface area contributed by atoms with Gasteiger partial charge in [-0.1, -0.05) is 0 Å². The summed E-state index contributed by atoms with van der Waals surface area (Å²) < 4.78 is 11.2. The third-order valence-electron chi connectivity index (χ3n) is 3.43. The lowest BCUT2D eigenvalue weighted by atomic mass is 10.1. The molecule has 1 saturated heterocycles. The van der Waals surface area contributed by atoms with Crippen molar-refractivity contribution in [2.45, 2.75) is 37.4 Å². The van der Waals surface area contributed by atoms with Crippen LogP contribution in [0.2, 0.25) is 0 Å². The molecular weight excluding hydrogens is 328 g/mol. The topological polar surface area (TPSA) is 168 Å². The lowest BCUT2D eigenvalue weighted by molar-refractivity contribution is -0.158. The van der Waals surface area contributed by atoms with Crippen molar-refractivity contribution in [1.29, 1.82) is 0 Å². The largest absolute Gasteiger partial charge is 0.481 e. The average molecular weight is 344 g/mol.